The van der Waals surface area contributed by atoms with Gasteiger partial charge in [0.15, 0.2) is 5.65 Å². The molecular weight excluding hydrogens is 510 g/mol. The Kier molecular flexibility index (Phi) is 8.57. The predicted molar refractivity (Wildman–Crippen MR) is 157 cm³/mol. The lowest BCUT2D eigenvalue weighted by molar-refractivity contribution is 0.425. The Bertz CT molecular complexity index is 1660. The van der Waals surface area contributed by atoms with Crippen molar-refractivity contribution >= 4 is 28.2 Å². The van der Waals surface area contributed by atoms with Gasteiger partial charge in [-0.3, -0.25) is 4.98 Å². The summed E-state index contributed by atoms with van der Waals surface area (Å²) in [6.45, 7) is 1.49. The Morgan fingerprint density at radius 2 is 1.77 bits per heavy atom. The third-order valence-electron chi connectivity index (χ3n) is 6.20. The summed E-state index contributed by atoms with van der Waals surface area (Å²) >= 11 is 0. The summed E-state index contributed by atoms with van der Waals surface area (Å²) in [6, 6.07) is 11.5. The molecular formula is C30H30F2N8. The second-order valence-electron chi connectivity index (χ2n) is 9.41. The Morgan fingerprint density at radius 3 is 2.52 bits per heavy atom. The highest BCUT2D eigenvalue weighted by atomic mass is 19.1. The molecule has 0 saturated heterocycles. The lowest BCUT2D eigenvalue weighted by atomic mass is 10.0. The molecule has 2 aromatic carbocycles. The van der Waals surface area contributed by atoms with Crippen LogP contribution in [0, 0.1) is 24.5 Å². The molecule has 0 spiro atoms. The Morgan fingerprint density at radius 1 is 0.975 bits per heavy atom. The van der Waals surface area contributed by atoms with Gasteiger partial charge in [-0.05, 0) is 73.3 Å². The zero-order chi connectivity index (χ0) is 28.8. The van der Waals surface area contributed by atoms with Crippen molar-refractivity contribution in [2.75, 3.05) is 44.0 Å². The summed E-state index contributed by atoms with van der Waals surface area (Å²) < 4.78 is 29.3. The number of H-pyrrole nitrogens is 1. The lowest BCUT2D eigenvalue weighted by Gasteiger charge is -2.13. The summed E-state index contributed by atoms with van der Waals surface area (Å²) in [5.41, 5.74) is 17.5. The van der Waals surface area contributed by atoms with E-state index in [1.54, 1.807) is 24.5 Å². The maximum Gasteiger partial charge on any atom is 0.178 e. The number of anilines is 3. The van der Waals surface area contributed by atoms with E-state index in [-0.39, 0.29) is 17.9 Å². The van der Waals surface area contributed by atoms with Crippen molar-refractivity contribution in [2.24, 2.45) is 0 Å². The number of hydrogen-bond donors (Lipinski definition) is 4. The molecule has 0 amide bonds. The quantitative estimate of drug-likeness (QED) is 0.162. The molecule has 0 saturated carbocycles. The smallest absolute Gasteiger partial charge is 0.178 e. The normalized spacial score (nSPS) is 10.9. The summed E-state index contributed by atoms with van der Waals surface area (Å²) in [6.07, 6.45) is 13.0. The molecule has 6 N–H and O–H groups in total. The molecule has 5 aromatic rings. The van der Waals surface area contributed by atoms with E-state index in [0.29, 0.717) is 57.2 Å². The second-order valence-corrected chi connectivity index (χ2v) is 9.41. The van der Waals surface area contributed by atoms with Gasteiger partial charge in [-0.2, -0.15) is 0 Å². The molecule has 204 valence electrons. The summed E-state index contributed by atoms with van der Waals surface area (Å²) in [7, 11) is 3.96. The van der Waals surface area contributed by atoms with Crippen LogP contribution in [-0.4, -0.2) is 52.0 Å². The minimum atomic E-state index is -0.538. The van der Waals surface area contributed by atoms with E-state index in [2.05, 4.69) is 38.1 Å². The largest absolute Gasteiger partial charge is 0.397 e. The number of aromatic nitrogens is 4. The van der Waals surface area contributed by atoms with Gasteiger partial charge in [0.25, 0.3) is 0 Å². The fourth-order valence-electron chi connectivity index (χ4n) is 4.34. The van der Waals surface area contributed by atoms with Gasteiger partial charge in [-0.15, -0.1) is 12.8 Å². The van der Waals surface area contributed by atoms with Crippen molar-refractivity contribution in [3.63, 3.8) is 0 Å². The monoisotopic (exact) mass is 540 g/mol. The third kappa shape index (κ3) is 6.34. The average Bonchev–Trinajstić information content (AvgIpc) is 3.34. The number of aromatic amines is 1. The van der Waals surface area contributed by atoms with E-state index in [0.717, 1.165) is 12.1 Å². The van der Waals surface area contributed by atoms with Crippen LogP contribution < -0.4 is 16.8 Å². The van der Waals surface area contributed by atoms with Crippen molar-refractivity contribution in [3.05, 3.63) is 84.1 Å². The minimum absolute atomic E-state index is 0.0396. The summed E-state index contributed by atoms with van der Waals surface area (Å²) in [5.74, 6) is -0.339. The molecule has 0 aliphatic rings. The van der Waals surface area contributed by atoms with Crippen LogP contribution in [0.4, 0.5) is 25.8 Å². The van der Waals surface area contributed by atoms with Crippen LogP contribution in [0.25, 0.3) is 33.4 Å². The number of likely N-dealkylation sites (N-methyl/N-ethyl adjacent to an activating group) is 1. The number of nitrogens with one attached hydrogen (secondary N) is 2. The molecule has 8 nitrogen and oxygen atoms in total. The van der Waals surface area contributed by atoms with Gasteiger partial charge in [-0.1, -0.05) is 0 Å². The Labute approximate surface area is 231 Å². The number of pyridine rings is 2. The first-order valence-electron chi connectivity index (χ1n) is 12.4. The zero-order valence-electron chi connectivity index (χ0n) is 22.2. The molecule has 3 aromatic heterocycles. The number of nitrogens with two attached hydrogens (primary N) is 2. The fourth-order valence-corrected chi connectivity index (χ4v) is 4.34. The topological polar surface area (TPSA) is 122 Å². The molecule has 10 heteroatoms. The van der Waals surface area contributed by atoms with Crippen LogP contribution in [0.2, 0.25) is 0 Å². The van der Waals surface area contributed by atoms with Gasteiger partial charge in [0.1, 0.15) is 17.5 Å². The lowest BCUT2D eigenvalue weighted by Crippen LogP contribution is -2.20. The molecule has 5 rings (SSSR count). The van der Waals surface area contributed by atoms with Crippen LogP contribution in [0.5, 0.6) is 0 Å². The standard InChI is InChI=1S/C28H28F2N8.C2H2/c1-38(2)6-5-34-22-10-17(8-20(29)13-22)23-3-4-35-28-27(23)36-25(37-28)12-18-7-16(11-24(30)26(18)32)19-9-21(31)15-33-14-19;1-2/h3-4,7-11,13-15,34H,5-6,12,31-32H2,1-2H3,(H,35,36,37);1-2H. The van der Waals surface area contributed by atoms with E-state index in [9.17, 15) is 8.78 Å². The van der Waals surface area contributed by atoms with Crippen LogP contribution in [-0.2, 0) is 6.42 Å². The highest BCUT2D eigenvalue weighted by Gasteiger charge is 2.15. The van der Waals surface area contributed by atoms with Crippen LogP contribution >= 0.6 is 0 Å². The van der Waals surface area contributed by atoms with Gasteiger partial charge >= 0.3 is 0 Å². The molecule has 0 atom stereocenters. The number of rotatable bonds is 8. The van der Waals surface area contributed by atoms with Crippen LogP contribution in [0.15, 0.2) is 61.1 Å². The highest BCUT2D eigenvalue weighted by molar-refractivity contribution is 5.90. The number of imidazole rings is 1. The third-order valence-corrected chi connectivity index (χ3v) is 6.20. The first-order valence-corrected chi connectivity index (χ1v) is 12.4. The van der Waals surface area contributed by atoms with Gasteiger partial charge in [-0.25, -0.2) is 18.7 Å². The van der Waals surface area contributed by atoms with E-state index < -0.39 is 5.82 Å². The first-order chi connectivity index (χ1) is 19.3. The van der Waals surface area contributed by atoms with E-state index in [1.165, 1.54) is 24.4 Å². The van der Waals surface area contributed by atoms with Crippen molar-refractivity contribution in [1.82, 2.24) is 24.8 Å². The van der Waals surface area contributed by atoms with E-state index in [4.69, 9.17) is 11.5 Å². The number of nitrogens with zero attached hydrogens (tertiary/aromatic N) is 4. The van der Waals surface area contributed by atoms with Crippen LogP contribution in [0.1, 0.15) is 11.4 Å². The van der Waals surface area contributed by atoms with Gasteiger partial charge < -0.3 is 26.7 Å². The number of benzene rings is 2. The summed E-state index contributed by atoms with van der Waals surface area (Å²) in [4.78, 5) is 18.4. The molecule has 0 fully saturated rings. The minimum Gasteiger partial charge on any atom is -0.397 e. The number of halogens is 2. The predicted octanol–water partition coefficient (Wildman–Crippen LogP) is 4.94. The first kappa shape index (κ1) is 28.0. The van der Waals surface area contributed by atoms with Gasteiger partial charge in [0.2, 0.25) is 0 Å². The van der Waals surface area contributed by atoms with E-state index in [1.807, 2.05) is 31.1 Å². The average molecular weight is 541 g/mol. The van der Waals surface area contributed by atoms with Crippen molar-refractivity contribution in [3.8, 4) is 35.1 Å². The Balaban J connectivity index is 0.00000181. The number of terminal acetylenes is 1. The van der Waals surface area contributed by atoms with Crippen molar-refractivity contribution < 1.29 is 8.78 Å². The SMILES string of the molecule is C#C.CN(C)CCNc1cc(F)cc(-c2ccnc3nc(Cc4cc(-c5cncc(N)c5)cc(F)c4N)[nH]c23)c1. The van der Waals surface area contributed by atoms with E-state index >= 15 is 0 Å². The molecule has 0 aliphatic heterocycles. The number of nitrogen functional groups attached to an aromatic ring is 2. The number of hydrogen-bond acceptors (Lipinski definition) is 7. The van der Waals surface area contributed by atoms with Gasteiger partial charge in [0, 0.05) is 54.9 Å². The Hall–Kier alpha value is -5.01. The molecule has 40 heavy (non-hydrogen) atoms. The maximum atomic E-state index is 14.8. The zero-order valence-corrected chi connectivity index (χ0v) is 22.2. The van der Waals surface area contributed by atoms with Crippen molar-refractivity contribution in [1.29, 1.82) is 0 Å². The summed E-state index contributed by atoms with van der Waals surface area (Å²) in [5, 5.41) is 3.26. The molecule has 0 unspecified atom stereocenters. The molecule has 0 radical (unpaired) electrons. The van der Waals surface area contributed by atoms with Gasteiger partial charge in [0.05, 0.1) is 16.9 Å². The highest BCUT2D eigenvalue weighted by Crippen LogP contribution is 2.31. The molecule has 0 aliphatic carbocycles. The van der Waals surface area contributed by atoms with Crippen LogP contribution in [0.3, 0.4) is 0 Å². The second kappa shape index (κ2) is 12.2. The number of fused-ring (bicyclic) bond motifs is 1. The maximum absolute atomic E-state index is 14.8. The molecule has 3 heterocycles. The molecule has 0 bridgehead atoms. The van der Waals surface area contributed by atoms with Crippen molar-refractivity contribution in [2.45, 2.75) is 6.42 Å². The fraction of sp³-hybridized carbons (Fsp3) is 0.167.